The molecule has 32 heavy (non-hydrogen) atoms. The third-order valence-corrected chi connectivity index (χ3v) is 6.17. The number of thioether (sulfide) groups is 1. The first-order chi connectivity index (χ1) is 15.4. The first kappa shape index (κ1) is 24.3. The number of nitrogens with one attached hydrogen (secondary N) is 1. The molecule has 0 aliphatic rings. The van der Waals surface area contributed by atoms with Gasteiger partial charge in [0.15, 0.2) is 5.16 Å². The molecule has 7 heteroatoms. The Morgan fingerprint density at radius 1 is 1.06 bits per heavy atom. The van der Waals surface area contributed by atoms with Crippen molar-refractivity contribution < 1.29 is 10.2 Å². The molecule has 172 valence electrons. The predicted molar refractivity (Wildman–Crippen MR) is 130 cm³/mol. The number of phenolic OH excluding ortho intramolecular Hbond substituents is 1. The molecule has 3 aromatic rings. The van der Waals surface area contributed by atoms with E-state index in [1.807, 2.05) is 16.7 Å². The summed E-state index contributed by atoms with van der Waals surface area (Å²) >= 11 is 1.64. The van der Waals surface area contributed by atoms with Gasteiger partial charge in [0.25, 0.3) is 0 Å². The highest BCUT2D eigenvalue weighted by Crippen LogP contribution is 2.27. The molecule has 0 saturated carbocycles. The van der Waals surface area contributed by atoms with Crippen molar-refractivity contribution >= 4 is 11.8 Å². The highest BCUT2D eigenvalue weighted by atomic mass is 32.2. The van der Waals surface area contributed by atoms with E-state index in [0.29, 0.717) is 12.3 Å². The zero-order valence-corrected chi connectivity index (χ0v) is 20.0. The molecular formula is C25H34N4O2S. The zero-order chi connectivity index (χ0) is 22.9. The number of benzene rings is 2. The third kappa shape index (κ3) is 7.36. The molecule has 0 bridgehead atoms. The van der Waals surface area contributed by atoms with Gasteiger partial charge in [-0.15, -0.1) is 10.2 Å². The van der Waals surface area contributed by atoms with Crippen LogP contribution in [-0.2, 0) is 12.2 Å². The summed E-state index contributed by atoms with van der Waals surface area (Å²) in [5, 5.41) is 33.0. The normalized spacial score (nSPS) is 12.4. The predicted octanol–water partition coefficient (Wildman–Crippen LogP) is 4.85. The number of aromatic nitrogens is 3. The van der Waals surface area contributed by atoms with Crippen LogP contribution in [0.25, 0.3) is 5.69 Å². The maximum atomic E-state index is 10.1. The summed E-state index contributed by atoms with van der Waals surface area (Å²) in [6.07, 6.45) is 2.79. The minimum atomic E-state index is -0.470. The number of aliphatic hydroxyl groups excluding tert-OH is 1. The summed E-state index contributed by atoms with van der Waals surface area (Å²) in [5.41, 5.74) is 3.33. The average Bonchev–Trinajstić information content (AvgIpc) is 3.17. The molecule has 0 amide bonds. The van der Waals surface area contributed by atoms with Gasteiger partial charge in [0, 0.05) is 18.2 Å². The minimum Gasteiger partial charge on any atom is -0.508 e. The van der Waals surface area contributed by atoms with E-state index in [0.717, 1.165) is 48.2 Å². The van der Waals surface area contributed by atoms with Gasteiger partial charge in [0.2, 0.25) is 0 Å². The Morgan fingerprint density at radius 2 is 1.84 bits per heavy atom. The Bertz CT molecular complexity index is 972. The van der Waals surface area contributed by atoms with Gasteiger partial charge in [-0.05, 0) is 56.3 Å². The van der Waals surface area contributed by atoms with Gasteiger partial charge in [0.05, 0.1) is 5.69 Å². The number of aromatic hydroxyl groups is 1. The van der Waals surface area contributed by atoms with Crippen molar-refractivity contribution in [2.75, 3.05) is 6.54 Å². The Labute approximate surface area is 195 Å². The lowest BCUT2D eigenvalue weighted by atomic mass is 10.1. The fourth-order valence-corrected chi connectivity index (χ4v) is 4.30. The molecule has 0 aliphatic carbocycles. The summed E-state index contributed by atoms with van der Waals surface area (Å²) in [6.45, 7) is 7.15. The molecule has 1 heterocycles. The molecule has 0 aliphatic heterocycles. The van der Waals surface area contributed by atoms with E-state index in [4.69, 9.17) is 0 Å². The van der Waals surface area contributed by atoms with Crippen LogP contribution in [-0.4, -0.2) is 37.8 Å². The van der Waals surface area contributed by atoms with Crippen LogP contribution in [0, 0.1) is 12.8 Å². The van der Waals surface area contributed by atoms with Gasteiger partial charge in [-0.3, -0.25) is 9.88 Å². The lowest BCUT2D eigenvalue weighted by molar-refractivity contribution is 0.121. The fourth-order valence-electron chi connectivity index (χ4n) is 3.37. The van der Waals surface area contributed by atoms with Crippen LogP contribution in [0.15, 0.2) is 53.7 Å². The van der Waals surface area contributed by atoms with E-state index in [1.54, 1.807) is 23.9 Å². The Morgan fingerprint density at radius 3 is 2.56 bits per heavy atom. The number of phenols is 1. The number of unbranched alkanes of at least 4 members (excludes halogenated alkanes) is 1. The van der Waals surface area contributed by atoms with Crippen molar-refractivity contribution in [3.63, 3.8) is 0 Å². The minimum absolute atomic E-state index is 0.219. The first-order valence-corrected chi connectivity index (χ1v) is 12.2. The van der Waals surface area contributed by atoms with Gasteiger partial charge in [0.1, 0.15) is 17.8 Å². The van der Waals surface area contributed by atoms with Crippen LogP contribution >= 0.6 is 11.8 Å². The monoisotopic (exact) mass is 454 g/mol. The molecule has 3 N–H and O–H groups in total. The standard InChI is InChI=1S/C25H34N4O2S/c1-18(2)16-26-24(31)10-5-4-9-23-27-28-25(29(23)21-7-6-8-22(30)15-21)32-17-20-13-11-19(3)12-14-20/h6-8,11-15,18,24,26,30-31H,4-5,9-10,16-17H2,1-3H3. The van der Waals surface area contributed by atoms with E-state index >= 15 is 0 Å². The second-order valence-corrected chi connectivity index (χ2v) is 9.53. The molecule has 6 nitrogen and oxygen atoms in total. The van der Waals surface area contributed by atoms with Crippen molar-refractivity contribution in [1.82, 2.24) is 20.1 Å². The summed E-state index contributed by atoms with van der Waals surface area (Å²) in [6, 6.07) is 15.7. The lowest BCUT2D eigenvalue weighted by Crippen LogP contribution is -2.31. The first-order valence-electron chi connectivity index (χ1n) is 11.3. The molecule has 0 fully saturated rings. The summed E-state index contributed by atoms with van der Waals surface area (Å²) < 4.78 is 2.03. The Kier molecular flexibility index (Phi) is 9.14. The second kappa shape index (κ2) is 12.0. The highest BCUT2D eigenvalue weighted by molar-refractivity contribution is 7.98. The second-order valence-electron chi connectivity index (χ2n) is 8.59. The summed E-state index contributed by atoms with van der Waals surface area (Å²) in [5.74, 6) is 2.40. The van der Waals surface area contributed by atoms with Crippen molar-refractivity contribution in [1.29, 1.82) is 0 Å². The number of aliphatic hydroxyl groups is 1. The van der Waals surface area contributed by atoms with Crippen molar-refractivity contribution in [3.8, 4) is 11.4 Å². The molecule has 0 spiro atoms. The van der Waals surface area contributed by atoms with Crippen LogP contribution in [0.4, 0.5) is 0 Å². The van der Waals surface area contributed by atoms with Crippen LogP contribution in [0.5, 0.6) is 5.75 Å². The molecule has 1 unspecified atom stereocenters. The van der Waals surface area contributed by atoms with Crippen molar-refractivity contribution in [2.24, 2.45) is 5.92 Å². The topological polar surface area (TPSA) is 83.2 Å². The number of nitrogens with zero attached hydrogens (tertiary/aromatic N) is 3. The fraction of sp³-hybridized carbons (Fsp3) is 0.440. The molecular weight excluding hydrogens is 420 g/mol. The van der Waals surface area contributed by atoms with Crippen LogP contribution in [0.2, 0.25) is 0 Å². The van der Waals surface area contributed by atoms with E-state index in [2.05, 4.69) is 60.6 Å². The molecule has 1 aromatic heterocycles. The Balaban J connectivity index is 1.66. The van der Waals surface area contributed by atoms with Gasteiger partial charge in [-0.25, -0.2) is 0 Å². The smallest absolute Gasteiger partial charge is 0.196 e. The van der Waals surface area contributed by atoms with E-state index in [-0.39, 0.29) is 5.75 Å². The molecule has 3 rings (SSSR count). The highest BCUT2D eigenvalue weighted by Gasteiger charge is 2.15. The van der Waals surface area contributed by atoms with Gasteiger partial charge in [-0.1, -0.05) is 61.5 Å². The van der Waals surface area contributed by atoms with Gasteiger partial charge < -0.3 is 10.2 Å². The van der Waals surface area contributed by atoms with E-state index < -0.39 is 6.23 Å². The number of rotatable bonds is 12. The Hall–Kier alpha value is -2.35. The summed E-state index contributed by atoms with van der Waals surface area (Å²) in [4.78, 5) is 0. The van der Waals surface area contributed by atoms with Crippen LogP contribution < -0.4 is 5.32 Å². The van der Waals surface area contributed by atoms with Crippen LogP contribution in [0.3, 0.4) is 0 Å². The maximum absolute atomic E-state index is 10.1. The number of hydrogen-bond acceptors (Lipinski definition) is 6. The van der Waals surface area contributed by atoms with Gasteiger partial charge >= 0.3 is 0 Å². The molecule has 1 atom stereocenters. The molecule has 2 aromatic carbocycles. The third-order valence-electron chi connectivity index (χ3n) is 5.17. The maximum Gasteiger partial charge on any atom is 0.196 e. The summed E-state index contributed by atoms with van der Waals surface area (Å²) in [7, 11) is 0. The molecule has 0 saturated heterocycles. The quantitative estimate of drug-likeness (QED) is 0.206. The van der Waals surface area contributed by atoms with Crippen molar-refractivity contribution in [2.45, 2.75) is 63.6 Å². The van der Waals surface area contributed by atoms with Crippen molar-refractivity contribution in [3.05, 3.63) is 65.5 Å². The van der Waals surface area contributed by atoms with Gasteiger partial charge in [-0.2, -0.15) is 0 Å². The zero-order valence-electron chi connectivity index (χ0n) is 19.2. The number of aryl methyl sites for hydroxylation is 2. The molecule has 0 radical (unpaired) electrons. The lowest BCUT2D eigenvalue weighted by Gasteiger charge is -2.14. The average molecular weight is 455 g/mol. The van der Waals surface area contributed by atoms with E-state index in [9.17, 15) is 10.2 Å². The number of hydrogen-bond donors (Lipinski definition) is 3. The van der Waals surface area contributed by atoms with E-state index in [1.165, 1.54) is 11.1 Å². The SMILES string of the molecule is Cc1ccc(CSc2nnc(CCCCC(O)NCC(C)C)n2-c2cccc(O)c2)cc1. The van der Waals surface area contributed by atoms with Crippen LogP contribution in [0.1, 0.15) is 50.1 Å². The largest absolute Gasteiger partial charge is 0.508 e.